The van der Waals surface area contributed by atoms with Crippen LogP contribution in [0.4, 0.5) is 0 Å². The zero-order chi connectivity index (χ0) is 16.9. The average molecular weight is 361 g/mol. The third-order valence-electron chi connectivity index (χ3n) is 3.54. The minimum atomic E-state index is 0.00391. The molecule has 24 heavy (non-hydrogen) atoms. The van der Waals surface area contributed by atoms with Crippen molar-refractivity contribution in [1.82, 2.24) is 9.55 Å². The topological polar surface area (TPSA) is 44.1 Å². The Labute approximate surface area is 149 Å². The largest absolute Gasteiger partial charge is 0.493 e. The number of nitrogens with zero attached hydrogens (tertiary/aromatic N) is 2. The van der Waals surface area contributed by atoms with Crippen molar-refractivity contribution in [3.05, 3.63) is 63.9 Å². The summed E-state index contributed by atoms with van der Waals surface area (Å²) in [5.41, 5.74) is 0.734. The molecule has 0 aliphatic carbocycles. The Morgan fingerprint density at radius 2 is 1.92 bits per heavy atom. The zero-order valence-corrected chi connectivity index (χ0v) is 14.8. The first-order chi connectivity index (χ1) is 11.7. The molecule has 124 valence electrons. The minimum Gasteiger partial charge on any atom is -0.493 e. The molecular formula is C18H17ClN2O2S. The first kappa shape index (κ1) is 16.9. The highest BCUT2D eigenvalue weighted by Gasteiger charge is 2.09. The summed E-state index contributed by atoms with van der Waals surface area (Å²) in [6.07, 6.45) is 0. The Balaban J connectivity index is 1.70. The van der Waals surface area contributed by atoms with Crippen LogP contribution in [0.15, 0.2) is 58.5 Å². The van der Waals surface area contributed by atoms with Gasteiger partial charge in [-0.05, 0) is 43.3 Å². The molecule has 0 saturated carbocycles. The molecule has 3 aromatic rings. The van der Waals surface area contributed by atoms with Gasteiger partial charge in [0.05, 0.1) is 17.5 Å². The summed E-state index contributed by atoms with van der Waals surface area (Å²) in [5, 5.41) is 2.06. The maximum Gasteiger partial charge on any atom is 0.262 e. The lowest BCUT2D eigenvalue weighted by molar-refractivity contribution is 0.344. The van der Waals surface area contributed by atoms with Gasteiger partial charge in [-0.15, -0.1) is 0 Å². The number of para-hydroxylation sites is 1. The van der Waals surface area contributed by atoms with Crippen LogP contribution in [-0.4, -0.2) is 21.9 Å². The minimum absolute atomic E-state index is 0.00391. The van der Waals surface area contributed by atoms with Crippen LogP contribution in [0.3, 0.4) is 0 Å². The van der Waals surface area contributed by atoms with E-state index in [0.29, 0.717) is 29.3 Å². The van der Waals surface area contributed by atoms with E-state index in [1.165, 1.54) is 11.8 Å². The first-order valence-electron chi connectivity index (χ1n) is 7.70. The Hall–Kier alpha value is -1.98. The highest BCUT2D eigenvalue weighted by Crippen LogP contribution is 2.19. The molecule has 0 aliphatic heterocycles. The zero-order valence-electron chi connectivity index (χ0n) is 13.2. The van der Waals surface area contributed by atoms with Crippen molar-refractivity contribution in [2.45, 2.75) is 18.6 Å². The van der Waals surface area contributed by atoms with E-state index in [0.717, 1.165) is 16.4 Å². The van der Waals surface area contributed by atoms with E-state index in [1.807, 2.05) is 43.3 Å². The molecule has 0 atom stereocenters. The fourth-order valence-electron chi connectivity index (χ4n) is 2.36. The van der Waals surface area contributed by atoms with Crippen LogP contribution in [0, 0.1) is 0 Å². The van der Waals surface area contributed by atoms with Crippen LogP contribution in [0.2, 0.25) is 5.02 Å². The molecule has 0 unspecified atom stereocenters. The predicted molar refractivity (Wildman–Crippen MR) is 99.3 cm³/mol. The van der Waals surface area contributed by atoms with E-state index in [-0.39, 0.29) is 5.56 Å². The molecule has 6 heteroatoms. The van der Waals surface area contributed by atoms with Gasteiger partial charge in [0.15, 0.2) is 5.16 Å². The Morgan fingerprint density at radius 3 is 2.67 bits per heavy atom. The van der Waals surface area contributed by atoms with Gasteiger partial charge in [0, 0.05) is 17.3 Å². The van der Waals surface area contributed by atoms with Gasteiger partial charge in [-0.3, -0.25) is 9.36 Å². The quantitative estimate of drug-likeness (QED) is 0.374. The maximum atomic E-state index is 12.5. The molecule has 0 fully saturated rings. The number of hydrogen-bond acceptors (Lipinski definition) is 4. The Kier molecular flexibility index (Phi) is 5.43. The number of hydrogen-bond donors (Lipinski definition) is 0. The molecule has 0 N–H and O–H groups in total. The summed E-state index contributed by atoms with van der Waals surface area (Å²) in [4.78, 5) is 17.1. The second kappa shape index (κ2) is 7.73. The summed E-state index contributed by atoms with van der Waals surface area (Å²) in [6.45, 7) is 3.07. The lowest BCUT2D eigenvalue weighted by atomic mass is 10.2. The Bertz CT molecular complexity index is 894. The van der Waals surface area contributed by atoms with Crippen LogP contribution in [0.25, 0.3) is 10.9 Å². The summed E-state index contributed by atoms with van der Waals surface area (Å²) < 4.78 is 7.38. The first-order valence-corrected chi connectivity index (χ1v) is 9.06. The molecule has 0 aliphatic rings. The monoisotopic (exact) mass is 360 g/mol. The van der Waals surface area contributed by atoms with Gasteiger partial charge in [0.2, 0.25) is 0 Å². The number of aromatic nitrogens is 2. The lowest BCUT2D eigenvalue weighted by Gasteiger charge is -2.11. The van der Waals surface area contributed by atoms with E-state index < -0.39 is 0 Å². The SMILES string of the molecule is CCn1c(SCCOc2ccc(Cl)cc2)nc2ccccc2c1=O. The van der Waals surface area contributed by atoms with Gasteiger partial charge < -0.3 is 4.74 Å². The van der Waals surface area contributed by atoms with E-state index in [1.54, 1.807) is 16.7 Å². The molecular weight excluding hydrogens is 344 g/mol. The molecule has 2 aromatic carbocycles. The third kappa shape index (κ3) is 3.74. The molecule has 0 amide bonds. The standard InChI is InChI=1S/C18H17ClN2O2S/c1-2-21-17(22)15-5-3-4-6-16(15)20-18(21)24-12-11-23-14-9-7-13(19)8-10-14/h3-10H,2,11-12H2,1H3. The maximum absolute atomic E-state index is 12.5. The molecule has 1 heterocycles. The molecule has 0 radical (unpaired) electrons. The molecule has 0 bridgehead atoms. The number of halogens is 1. The summed E-state index contributed by atoms with van der Waals surface area (Å²) in [5.74, 6) is 1.48. The number of thioether (sulfide) groups is 1. The summed E-state index contributed by atoms with van der Waals surface area (Å²) in [6, 6.07) is 14.7. The van der Waals surface area contributed by atoms with E-state index in [9.17, 15) is 4.79 Å². The summed E-state index contributed by atoms with van der Waals surface area (Å²) in [7, 11) is 0. The van der Waals surface area contributed by atoms with Crippen LogP contribution >= 0.6 is 23.4 Å². The number of benzene rings is 2. The van der Waals surface area contributed by atoms with Crippen LogP contribution in [-0.2, 0) is 6.54 Å². The van der Waals surface area contributed by atoms with Gasteiger partial charge in [0.1, 0.15) is 5.75 Å². The molecule has 1 aromatic heterocycles. The van der Waals surface area contributed by atoms with Gasteiger partial charge in [-0.2, -0.15) is 0 Å². The van der Waals surface area contributed by atoms with Crippen molar-refractivity contribution in [3.63, 3.8) is 0 Å². The Morgan fingerprint density at radius 1 is 1.17 bits per heavy atom. The number of ether oxygens (including phenoxy) is 1. The van der Waals surface area contributed by atoms with Crippen molar-refractivity contribution >= 4 is 34.3 Å². The fraction of sp³-hybridized carbons (Fsp3) is 0.222. The average Bonchev–Trinajstić information content (AvgIpc) is 2.60. The van der Waals surface area contributed by atoms with Crippen LogP contribution < -0.4 is 10.3 Å². The van der Waals surface area contributed by atoms with E-state index in [2.05, 4.69) is 4.98 Å². The van der Waals surface area contributed by atoms with Gasteiger partial charge in [-0.25, -0.2) is 4.98 Å². The van der Waals surface area contributed by atoms with Crippen LogP contribution in [0.1, 0.15) is 6.92 Å². The van der Waals surface area contributed by atoms with Gasteiger partial charge in [0.25, 0.3) is 5.56 Å². The highest BCUT2D eigenvalue weighted by molar-refractivity contribution is 7.99. The van der Waals surface area contributed by atoms with Crippen molar-refractivity contribution in [1.29, 1.82) is 0 Å². The predicted octanol–water partition coefficient (Wildman–Crippen LogP) is 4.24. The van der Waals surface area contributed by atoms with Crippen molar-refractivity contribution in [2.75, 3.05) is 12.4 Å². The smallest absolute Gasteiger partial charge is 0.262 e. The molecule has 0 spiro atoms. The molecule has 4 nitrogen and oxygen atoms in total. The highest BCUT2D eigenvalue weighted by atomic mass is 35.5. The van der Waals surface area contributed by atoms with E-state index >= 15 is 0 Å². The van der Waals surface area contributed by atoms with Crippen molar-refractivity contribution < 1.29 is 4.74 Å². The molecule has 0 saturated heterocycles. The number of rotatable bonds is 6. The second-order valence-corrected chi connectivity index (χ2v) is 6.61. The fourth-order valence-corrected chi connectivity index (χ4v) is 3.37. The lowest BCUT2D eigenvalue weighted by Crippen LogP contribution is -2.22. The second-order valence-electron chi connectivity index (χ2n) is 5.11. The normalized spacial score (nSPS) is 10.9. The summed E-state index contributed by atoms with van der Waals surface area (Å²) >= 11 is 7.37. The third-order valence-corrected chi connectivity index (χ3v) is 4.73. The van der Waals surface area contributed by atoms with Gasteiger partial charge >= 0.3 is 0 Å². The van der Waals surface area contributed by atoms with Crippen molar-refractivity contribution in [3.8, 4) is 5.75 Å². The van der Waals surface area contributed by atoms with Crippen LogP contribution in [0.5, 0.6) is 5.75 Å². The number of fused-ring (bicyclic) bond motifs is 1. The van der Waals surface area contributed by atoms with E-state index in [4.69, 9.17) is 16.3 Å². The van der Waals surface area contributed by atoms with Crippen molar-refractivity contribution in [2.24, 2.45) is 0 Å². The molecule has 3 rings (SSSR count). The van der Waals surface area contributed by atoms with Gasteiger partial charge in [-0.1, -0.05) is 35.5 Å².